The Hall–Kier alpha value is -2.16. The topological polar surface area (TPSA) is 62.8 Å². The molecular weight excluding hydrogens is 198 g/mol. The molecule has 16 heavy (non-hydrogen) atoms. The van der Waals surface area contributed by atoms with Crippen LogP contribution in [-0.2, 0) is 6.42 Å². The largest absolute Gasteiger partial charge is 0.384 e. The summed E-state index contributed by atoms with van der Waals surface area (Å²) >= 11 is 0. The number of benzene rings is 1. The second-order valence-electron chi connectivity index (χ2n) is 3.64. The average Bonchev–Trinajstić information content (AvgIpc) is 2.31. The zero-order valence-corrected chi connectivity index (χ0v) is 8.85. The molecule has 3 N–H and O–H groups in total. The van der Waals surface area contributed by atoms with E-state index in [9.17, 15) is 0 Å². The van der Waals surface area contributed by atoms with Crippen LogP contribution < -0.4 is 5.73 Å². The van der Waals surface area contributed by atoms with Gasteiger partial charge in [0.1, 0.15) is 5.84 Å². The van der Waals surface area contributed by atoms with Crippen molar-refractivity contribution in [3.63, 3.8) is 0 Å². The van der Waals surface area contributed by atoms with Gasteiger partial charge in [0.05, 0.1) is 0 Å². The second-order valence-corrected chi connectivity index (χ2v) is 3.64. The molecule has 1 heterocycles. The van der Waals surface area contributed by atoms with Crippen molar-refractivity contribution in [2.75, 3.05) is 0 Å². The van der Waals surface area contributed by atoms with E-state index in [1.807, 2.05) is 36.4 Å². The predicted octanol–water partition coefficient (Wildman–Crippen LogP) is 1.96. The van der Waals surface area contributed by atoms with E-state index in [1.165, 1.54) is 11.1 Å². The summed E-state index contributed by atoms with van der Waals surface area (Å²) in [6, 6.07) is 11.7. The molecule has 0 saturated carbocycles. The fraction of sp³-hybridized carbons (Fsp3) is 0.0769. The third-order valence-electron chi connectivity index (χ3n) is 2.42. The van der Waals surface area contributed by atoms with Crippen LogP contribution in [-0.4, -0.2) is 10.8 Å². The van der Waals surface area contributed by atoms with Gasteiger partial charge >= 0.3 is 0 Å². The summed E-state index contributed by atoms with van der Waals surface area (Å²) in [5.74, 6) is 0.107. The molecule has 0 aliphatic heterocycles. The van der Waals surface area contributed by atoms with Crippen LogP contribution in [0.3, 0.4) is 0 Å². The molecule has 1 aromatic heterocycles. The first kappa shape index (κ1) is 10.4. The van der Waals surface area contributed by atoms with E-state index < -0.39 is 0 Å². The van der Waals surface area contributed by atoms with Gasteiger partial charge in [-0.15, -0.1) is 0 Å². The Labute approximate surface area is 94.5 Å². The monoisotopic (exact) mass is 211 g/mol. The van der Waals surface area contributed by atoms with Gasteiger partial charge in [-0.05, 0) is 29.7 Å². The molecular formula is C13H13N3. The highest BCUT2D eigenvalue weighted by atomic mass is 14.7. The van der Waals surface area contributed by atoms with Crippen molar-refractivity contribution >= 4 is 5.84 Å². The first-order chi connectivity index (χ1) is 7.75. The van der Waals surface area contributed by atoms with E-state index in [2.05, 4.69) is 4.98 Å². The highest BCUT2D eigenvalue weighted by Crippen LogP contribution is 2.09. The summed E-state index contributed by atoms with van der Waals surface area (Å²) < 4.78 is 0. The number of hydrogen-bond acceptors (Lipinski definition) is 2. The first-order valence-corrected chi connectivity index (χ1v) is 5.08. The van der Waals surface area contributed by atoms with Crippen LogP contribution in [0.25, 0.3) is 0 Å². The van der Waals surface area contributed by atoms with Crippen molar-refractivity contribution in [1.29, 1.82) is 5.41 Å². The third kappa shape index (κ3) is 2.45. The van der Waals surface area contributed by atoms with Crippen molar-refractivity contribution in [1.82, 2.24) is 4.98 Å². The molecule has 2 aromatic rings. The first-order valence-electron chi connectivity index (χ1n) is 5.08. The second kappa shape index (κ2) is 4.57. The van der Waals surface area contributed by atoms with Crippen molar-refractivity contribution < 1.29 is 0 Å². The van der Waals surface area contributed by atoms with Crippen molar-refractivity contribution in [2.45, 2.75) is 6.42 Å². The minimum Gasteiger partial charge on any atom is -0.384 e. The lowest BCUT2D eigenvalue weighted by Gasteiger charge is -2.03. The lowest BCUT2D eigenvalue weighted by Crippen LogP contribution is -2.10. The summed E-state index contributed by atoms with van der Waals surface area (Å²) in [6.45, 7) is 0. The molecule has 0 atom stereocenters. The lowest BCUT2D eigenvalue weighted by molar-refractivity contribution is 1.16. The molecule has 0 bridgehead atoms. The Morgan fingerprint density at radius 3 is 2.12 bits per heavy atom. The van der Waals surface area contributed by atoms with Gasteiger partial charge in [-0.1, -0.05) is 24.3 Å². The minimum absolute atomic E-state index is 0.107. The zero-order chi connectivity index (χ0) is 11.4. The van der Waals surface area contributed by atoms with Crippen LogP contribution in [0.2, 0.25) is 0 Å². The van der Waals surface area contributed by atoms with Gasteiger partial charge in [0.2, 0.25) is 0 Å². The highest BCUT2D eigenvalue weighted by molar-refractivity contribution is 5.94. The Morgan fingerprint density at radius 1 is 1.00 bits per heavy atom. The van der Waals surface area contributed by atoms with Crippen LogP contribution in [0.15, 0.2) is 48.8 Å². The van der Waals surface area contributed by atoms with Gasteiger partial charge in [-0.25, -0.2) is 0 Å². The Bertz CT molecular complexity index is 474. The van der Waals surface area contributed by atoms with Crippen LogP contribution in [0, 0.1) is 5.41 Å². The van der Waals surface area contributed by atoms with Gasteiger partial charge in [0.25, 0.3) is 0 Å². The molecule has 0 spiro atoms. The molecule has 2 rings (SSSR count). The smallest absolute Gasteiger partial charge is 0.122 e. The van der Waals surface area contributed by atoms with Crippen molar-refractivity contribution in [3.8, 4) is 0 Å². The molecule has 3 heteroatoms. The van der Waals surface area contributed by atoms with Gasteiger partial charge in [0.15, 0.2) is 0 Å². The molecule has 80 valence electrons. The van der Waals surface area contributed by atoms with Gasteiger partial charge < -0.3 is 5.73 Å². The number of aromatic nitrogens is 1. The van der Waals surface area contributed by atoms with Crippen LogP contribution in [0.4, 0.5) is 0 Å². The number of nitrogens with one attached hydrogen (secondary N) is 1. The molecule has 0 radical (unpaired) electrons. The Balaban J connectivity index is 2.14. The number of nitrogens with two attached hydrogens (primary N) is 1. The summed E-state index contributed by atoms with van der Waals surface area (Å²) in [5, 5.41) is 7.30. The van der Waals surface area contributed by atoms with Crippen LogP contribution in [0.1, 0.15) is 16.7 Å². The molecule has 0 unspecified atom stereocenters. The van der Waals surface area contributed by atoms with E-state index >= 15 is 0 Å². The van der Waals surface area contributed by atoms with E-state index in [0.717, 1.165) is 12.0 Å². The van der Waals surface area contributed by atoms with Gasteiger partial charge in [-0.2, -0.15) is 0 Å². The summed E-state index contributed by atoms with van der Waals surface area (Å²) in [5.41, 5.74) is 8.59. The normalized spacial score (nSPS) is 10.0. The van der Waals surface area contributed by atoms with Gasteiger partial charge in [-0.3, -0.25) is 10.4 Å². The summed E-state index contributed by atoms with van der Waals surface area (Å²) in [6.07, 6.45) is 4.46. The average molecular weight is 211 g/mol. The highest BCUT2D eigenvalue weighted by Gasteiger charge is 1.98. The zero-order valence-electron chi connectivity index (χ0n) is 8.85. The summed E-state index contributed by atoms with van der Waals surface area (Å²) in [4.78, 5) is 3.98. The quantitative estimate of drug-likeness (QED) is 0.602. The SMILES string of the molecule is N=C(N)c1ccc(Cc2ccncc2)cc1. The number of pyridine rings is 1. The van der Waals surface area contributed by atoms with Crippen LogP contribution >= 0.6 is 0 Å². The fourth-order valence-electron chi connectivity index (χ4n) is 1.54. The Morgan fingerprint density at radius 2 is 1.56 bits per heavy atom. The number of nitrogens with zero attached hydrogens (tertiary/aromatic N) is 1. The van der Waals surface area contributed by atoms with E-state index in [-0.39, 0.29) is 5.84 Å². The maximum atomic E-state index is 7.30. The van der Waals surface area contributed by atoms with Crippen molar-refractivity contribution in [3.05, 3.63) is 65.5 Å². The number of hydrogen-bond donors (Lipinski definition) is 2. The minimum atomic E-state index is 0.107. The molecule has 1 aromatic carbocycles. The third-order valence-corrected chi connectivity index (χ3v) is 2.42. The standard InChI is InChI=1S/C13H13N3/c14-13(15)12-3-1-10(2-4-12)9-11-5-7-16-8-6-11/h1-8H,9H2,(H3,14,15). The number of amidine groups is 1. The molecule has 0 aliphatic rings. The van der Waals surface area contributed by atoms with Crippen LogP contribution in [0.5, 0.6) is 0 Å². The predicted molar refractivity (Wildman–Crippen MR) is 64.5 cm³/mol. The molecule has 0 saturated heterocycles. The fourth-order valence-corrected chi connectivity index (χ4v) is 1.54. The van der Waals surface area contributed by atoms with Gasteiger partial charge in [0, 0.05) is 18.0 Å². The summed E-state index contributed by atoms with van der Waals surface area (Å²) in [7, 11) is 0. The van der Waals surface area contributed by atoms with Crippen molar-refractivity contribution in [2.24, 2.45) is 5.73 Å². The lowest BCUT2D eigenvalue weighted by atomic mass is 10.0. The number of rotatable bonds is 3. The maximum Gasteiger partial charge on any atom is 0.122 e. The number of nitrogen functional groups attached to an aromatic ring is 1. The molecule has 3 nitrogen and oxygen atoms in total. The molecule has 0 amide bonds. The van der Waals surface area contributed by atoms with E-state index in [4.69, 9.17) is 11.1 Å². The Kier molecular flexibility index (Phi) is 2.96. The maximum absolute atomic E-state index is 7.30. The van der Waals surface area contributed by atoms with E-state index in [1.54, 1.807) is 12.4 Å². The molecule has 0 aliphatic carbocycles. The molecule has 0 fully saturated rings. The van der Waals surface area contributed by atoms with E-state index in [0.29, 0.717) is 0 Å².